The third-order valence-electron chi connectivity index (χ3n) is 4.01. The summed E-state index contributed by atoms with van der Waals surface area (Å²) >= 11 is 0. The normalized spacial score (nSPS) is 17.0. The topological polar surface area (TPSA) is 90.2 Å². The number of rotatable bonds is 6. The van der Waals surface area contributed by atoms with E-state index in [4.69, 9.17) is 4.74 Å². The molecule has 0 spiro atoms. The molecule has 1 aromatic heterocycles. The van der Waals surface area contributed by atoms with Crippen LogP contribution in [-0.2, 0) is 11.2 Å². The summed E-state index contributed by atoms with van der Waals surface area (Å²) in [4.78, 5) is 19.4. The molecule has 0 radical (unpaired) electrons. The van der Waals surface area contributed by atoms with Gasteiger partial charge in [-0.3, -0.25) is 10.1 Å². The van der Waals surface area contributed by atoms with E-state index in [1.807, 2.05) is 13.0 Å². The Kier molecular flexibility index (Phi) is 5.00. The first-order valence-electron chi connectivity index (χ1n) is 8.14. The molecule has 7 heteroatoms. The number of aromatic nitrogens is 2. The zero-order valence-electron chi connectivity index (χ0n) is 13.6. The lowest BCUT2D eigenvalue weighted by Crippen LogP contribution is -2.19. The van der Waals surface area contributed by atoms with E-state index in [0.29, 0.717) is 5.82 Å². The number of benzene rings is 1. The molecule has 0 bridgehead atoms. The van der Waals surface area contributed by atoms with E-state index in [9.17, 15) is 10.1 Å². The van der Waals surface area contributed by atoms with Gasteiger partial charge < -0.3 is 10.1 Å². The molecule has 1 aliphatic rings. The quantitative estimate of drug-likeness (QED) is 0.647. The van der Waals surface area contributed by atoms with Crippen LogP contribution in [0.4, 0.5) is 11.5 Å². The van der Waals surface area contributed by atoms with Gasteiger partial charge in [-0.2, -0.15) is 0 Å². The van der Waals surface area contributed by atoms with E-state index in [1.54, 1.807) is 12.1 Å². The summed E-state index contributed by atoms with van der Waals surface area (Å²) in [5, 5.41) is 14.1. The van der Waals surface area contributed by atoms with Crippen LogP contribution in [0.1, 0.15) is 25.5 Å². The zero-order valence-corrected chi connectivity index (χ0v) is 13.6. The molecule has 0 unspecified atom stereocenters. The number of nitro groups is 1. The second-order valence-corrected chi connectivity index (χ2v) is 5.74. The van der Waals surface area contributed by atoms with Crippen molar-refractivity contribution in [2.75, 3.05) is 18.5 Å². The first-order chi connectivity index (χ1) is 11.7. The van der Waals surface area contributed by atoms with Gasteiger partial charge in [0.2, 0.25) is 0 Å². The fraction of sp³-hybridized carbons (Fsp3) is 0.412. The first kappa shape index (κ1) is 16.3. The molecular formula is C17H20N4O3. The largest absolute Gasteiger partial charge is 0.376 e. The highest BCUT2D eigenvalue weighted by molar-refractivity contribution is 5.59. The minimum Gasteiger partial charge on any atom is -0.376 e. The molecule has 1 aromatic carbocycles. The monoisotopic (exact) mass is 328 g/mol. The van der Waals surface area contributed by atoms with E-state index in [1.165, 1.54) is 12.1 Å². The van der Waals surface area contributed by atoms with Crippen LogP contribution in [0.5, 0.6) is 0 Å². The van der Waals surface area contributed by atoms with Crippen molar-refractivity contribution < 1.29 is 9.66 Å². The van der Waals surface area contributed by atoms with Crippen molar-refractivity contribution in [2.24, 2.45) is 0 Å². The fourth-order valence-corrected chi connectivity index (χ4v) is 2.65. The summed E-state index contributed by atoms with van der Waals surface area (Å²) in [6.07, 6.45) is 3.18. The summed E-state index contributed by atoms with van der Waals surface area (Å²) in [6.45, 7) is 3.58. The van der Waals surface area contributed by atoms with Crippen LogP contribution in [0.2, 0.25) is 0 Å². The van der Waals surface area contributed by atoms with E-state index < -0.39 is 4.92 Å². The minimum absolute atomic E-state index is 0.0575. The molecule has 2 heterocycles. The van der Waals surface area contributed by atoms with Crippen molar-refractivity contribution >= 4 is 11.5 Å². The molecule has 1 aliphatic heterocycles. The number of aryl methyl sites for hydroxylation is 1. The zero-order chi connectivity index (χ0) is 16.9. The molecule has 2 aromatic rings. The molecule has 0 saturated carbocycles. The van der Waals surface area contributed by atoms with E-state index in [-0.39, 0.29) is 11.8 Å². The predicted octanol–water partition coefficient (Wildman–Crippen LogP) is 3.21. The van der Waals surface area contributed by atoms with Crippen molar-refractivity contribution in [1.29, 1.82) is 0 Å². The Hall–Kier alpha value is -2.54. The van der Waals surface area contributed by atoms with Crippen molar-refractivity contribution in [3.63, 3.8) is 0 Å². The molecule has 3 rings (SSSR count). The minimum atomic E-state index is -0.415. The molecule has 24 heavy (non-hydrogen) atoms. The Morgan fingerprint density at radius 1 is 1.33 bits per heavy atom. The highest BCUT2D eigenvalue weighted by atomic mass is 16.6. The second kappa shape index (κ2) is 7.35. The molecule has 1 N–H and O–H groups in total. The van der Waals surface area contributed by atoms with Crippen LogP contribution in [0, 0.1) is 10.1 Å². The number of hydrogen-bond donors (Lipinski definition) is 1. The molecule has 126 valence electrons. The van der Waals surface area contributed by atoms with Gasteiger partial charge in [-0.05, 0) is 31.4 Å². The Morgan fingerprint density at radius 3 is 2.75 bits per heavy atom. The molecule has 1 atom stereocenters. The lowest BCUT2D eigenvalue weighted by atomic mass is 10.2. The molecule has 1 saturated heterocycles. The second-order valence-electron chi connectivity index (χ2n) is 5.74. The van der Waals surface area contributed by atoms with Crippen molar-refractivity contribution in [3.8, 4) is 11.4 Å². The van der Waals surface area contributed by atoms with Gasteiger partial charge in [0.05, 0.1) is 11.0 Å². The van der Waals surface area contributed by atoms with Crippen LogP contribution < -0.4 is 5.32 Å². The summed E-state index contributed by atoms with van der Waals surface area (Å²) in [5.41, 5.74) is 1.74. The Morgan fingerprint density at radius 2 is 2.12 bits per heavy atom. The predicted molar refractivity (Wildman–Crippen MR) is 91.0 cm³/mol. The summed E-state index contributed by atoms with van der Waals surface area (Å²) in [7, 11) is 0. The summed E-state index contributed by atoms with van der Waals surface area (Å²) < 4.78 is 5.61. The van der Waals surface area contributed by atoms with E-state index in [2.05, 4.69) is 15.3 Å². The standard InChI is InChI=1S/C17H20N4O3/c1-2-13-10-16(18-11-15-4-3-9-24-15)20-17(19-13)12-5-7-14(8-6-12)21(22)23/h5-8,10,15H,2-4,9,11H2,1H3,(H,18,19,20)/t15-/m0/s1. The van der Waals surface area contributed by atoms with Gasteiger partial charge in [0.1, 0.15) is 5.82 Å². The van der Waals surface area contributed by atoms with Gasteiger partial charge in [0.15, 0.2) is 5.82 Å². The number of nitro benzene ring substituents is 1. The summed E-state index contributed by atoms with van der Waals surface area (Å²) in [5.74, 6) is 1.32. The molecule has 0 amide bonds. The van der Waals surface area contributed by atoms with Gasteiger partial charge in [-0.1, -0.05) is 6.92 Å². The maximum Gasteiger partial charge on any atom is 0.269 e. The average molecular weight is 328 g/mol. The van der Waals surface area contributed by atoms with Crippen LogP contribution in [0.15, 0.2) is 30.3 Å². The van der Waals surface area contributed by atoms with E-state index in [0.717, 1.165) is 49.5 Å². The average Bonchev–Trinajstić information content (AvgIpc) is 3.13. The van der Waals surface area contributed by atoms with Crippen LogP contribution >= 0.6 is 0 Å². The number of nitrogens with zero attached hydrogens (tertiary/aromatic N) is 3. The maximum atomic E-state index is 10.8. The Labute approximate surface area is 140 Å². The number of ether oxygens (including phenoxy) is 1. The van der Waals surface area contributed by atoms with Gasteiger partial charge in [0.25, 0.3) is 5.69 Å². The highest BCUT2D eigenvalue weighted by Gasteiger charge is 2.16. The van der Waals surface area contributed by atoms with Gasteiger partial charge >= 0.3 is 0 Å². The van der Waals surface area contributed by atoms with Crippen LogP contribution in [0.25, 0.3) is 11.4 Å². The first-order valence-corrected chi connectivity index (χ1v) is 8.14. The lowest BCUT2D eigenvalue weighted by Gasteiger charge is -2.13. The maximum absolute atomic E-state index is 10.8. The third-order valence-corrected chi connectivity index (χ3v) is 4.01. The smallest absolute Gasteiger partial charge is 0.269 e. The fourth-order valence-electron chi connectivity index (χ4n) is 2.65. The van der Waals surface area contributed by atoms with Gasteiger partial charge in [-0.15, -0.1) is 0 Å². The lowest BCUT2D eigenvalue weighted by molar-refractivity contribution is -0.384. The molecule has 7 nitrogen and oxygen atoms in total. The van der Waals surface area contributed by atoms with Crippen molar-refractivity contribution in [2.45, 2.75) is 32.3 Å². The number of non-ortho nitro benzene ring substituents is 1. The summed E-state index contributed by atoms with van der Waals surface area (Å²) in [6, 6.07) is 8.23. The molecular weight excluding hydrogens is 308 g/mol. The number of hydrogen-bond acceptors (Lipinski definition) is 6. The molecule has 1 fully saturated rings. The Balaban J connectivity index is 1.81. The highest BCUT2D eigenvalue weighted by Crippen LogP contribution is 2.22. The van der Waals surface area contributed by atoms with Gasteiger partial charge in [0, 0.05) is 42.6 Å². The molecule has 0 aliphatic carbocycles. The Bertz CT molecular complexity index is 712. The van der Waals surface area contributed by atoms with Crippen molar-refractivity contribution in [3.05, 3.63) is 46.1 Å². The SMILES string of the molecule is CCc1cc(NC[C@@H]2CCCO2)nc(-c2ccc([N+](=O)[O-])cc2)n1. The van der Waals surface area contributed by atoms with Crippen LogP contribution in [0.3, 0.4) is 0 Å². The number of anilines is 1. The van der Waals surface area contributed by atoms with Crippen molar-refractivity contribution in [1.82, 2.24) is 9.97 Å². The number of nitrogens with one attached hydrogen (secondary N) is 1. The third kappa shape index (κ3) is 3.86. The van der Waals surface area contributed by atoms with E-state index >= 15 is 0 Å². The van der Waals surface area contributed by atoms with Gasteiger partial charge in [-0.25, -0.2) is 9.97 Å². The van der Waals surface area contributed by atoms with Crippen LogP contribution in [-0.4, -0.2) is 34.1 Å².